The first-order valence-corrected chi connectivity index (χ1v) is 8.12. The van der Waals surface area contributed by atoms with Crippen molar-refractivity contribution >= 4 is 62.2 Å². The average Bonchev–Trinajstić information content (AvgIpc) is 2.96. The second-order valence-corrected chi connectivity index (χ2v) is 6.54. The Hall–Kier alpha value is -1.55. The third kappa shape index (κ3) is 3.29. The van der Waals surface area contributed by atoms with Crippen molar-refractivity contribution in [1.82, 2.24) is 9.97 Å². The minimum absolute atomic E-state index is 0.0316. The second-order valence-electron chi connectivity index (χ2n) is 5.38. The van der Waals surface area contributed by atoms with E-state index in [1.807, 2.05) is 0 Å². The summed E-state index contributed by atoms with van der Waals surface area (Å²) in [4.78, 5) is 15.0. The number of aromatic amines is 1. The summed E-state index contributed by atoms with van der Waals surface area (Å²) in [7, 11) is 0. The van der Waals surface area contributed by atoms with E-state index in [2.05, 4.69) is 20.0 Å². The van der Waals surface area contributed by atoms with Crippen molar-refractivity contribution in [2.24, 2.45) is 15.7 Å². The third-order valence-electron chi connectivity index (χ3n) is 3.74. The number of aliphatic imine (C=N–C) groups is 2. The number of fused-ring (bicyclic) bond motifs is 1. The molecule has 0 fully saturated rings. The summed E-state index contributed by atoms with van der Waals surface area (Å²) in [5, 5.41) is -0.133. The molecule has 0 amide bonds. The van der Waals surface area contributed by atoms with Gasteiger partial charge in [0, 0.05) is 11.6 Å². The van der Waals surface area contributed by atoms with Crippen molar-refractivity contribution < 1.29 is 13.2 Å². The number of nitrogens with one attached hydrogen (secondary N) is 1. The van der Waals surface area contributed by atoms with E-state index in [9.17, 15) is 13.2 Å². The van der Waals surface area contributed by atoms with Gasteiger partial charge in [-0.25, -0.2) is 15.0 Å². The Labute approximate surface area is 155 Å². The Morgan fingerprint density at radius 2 is 2.04 bits per heavy atom. The van der Waals surface area contributed by atoms with Crippen LogP contribution in [0.15, 0.2) is 22.2 Å². The van der Waals surface area contributed by atoms with E-state index in [0.29, 0.717) is 0 Å². The maximum absolute atomic E-state index is 13.1. The molecule has 0 aromatic carbocycles. The molecule has 1 aliphatic heterocycles. The predicted molar refractivity (Wildman–Crippen MR) is 95.8 cm³/mol. The lowest BCUT2D eigenvalue weighted by molar-refractivity contribution is -0.136. The van der Waals surface area contributed by atoms with Crippen molar-refractivity contribution in [1.29, 1.82) is 0 Å². The molecule has 25 heavy (non-hydrogen) atoms. The van der Waals surface area contributed by atoms with Crippen LogP contribution in [0, 0.1) is 0 Å². The van der Waals surface area contributed by atoms with Crippen molar-refractivity contribution in [2.75, 3.05) is 0 Å². The zero-order valence-corrected chi connectivity index (χ0v) is 14.9. The van der Waals surface area contributed by atoms with Crippen LogP contribution in [0.2, 0.25) is 5.15 Å². The number of aromatic nitrogens is 2. The fraction of sp³-hybridized carbons (Fsp3) is 0.286. The molecule has 0 radical (unpaired) electrons. The van der Waals surface area contributed by atoms with Gasteiger partial charge in [0.15, 0.2) is 5.15 Å². The molecule has 2 aromatic rings. The molecule has 3 rings (SSSR count). The number of rotatable bonds is 2. The van der Waals surface area contributed by atoms with Gasteiger partial charge in [-0.1, -0.05) is 35.4 Å². The number of alkyl halides is 3. The van der Waals surface area contributed by atoms with Crippen LogP contribution in [-0.4, -0.2) is 32.0 Å². The standard InChI is InChI=1S/C14H10Cl2F3N5S/c1-4(13-23-11(16)9(25)12(20)24-13)7-2-5-6(14(17,18)19)3-21-8(5)10(15)22-7/h2-4,12,21H,20H2,1H3. The fourth-order valence-corrected chi connectivity index (χ4v) is 2.96. The minimum atomic E-state index is -4.53. The van der Waals surface area contributed by atoms with Crippen LogP contribution in [-0.2, 0) is 6.18 Å². The third-order valence-corrected chi connectivity index (χ3v) is 4.85. The molecule has 11 heteroatoms. The molecule has 0 saturated heterocycles. The Balaban J connectivity index is 2.10. The highest BCUT2D eigenvalue weighted by Gasteiger charge is 2.35. The Kier molecular flexibility index (Phi) is 4.61. The van der Waals surface area contributed by atoms with E-state index in [-0.39, 0.29) is 37.6 Å². The summed E-state index contributed by atoms with van der Waals surface area (Å²) in [6.07, 6.45) is -4.51. The number of nitrogens with zero attached hydrogens (tertiary/aromatic N) is 3. The smallest absolute Gasteiger partial charge is 0.358 e. The summed E-state index contributed by atoms with van der Waals surface area (Å²) in [6, 6.07) is 1.30. The molecule has 3 heterocycles. The number of hydrogen-bond acceptors (Lipinski definition) is 5. The number of hydrogen-bond donors (Lipinski definition) is 2. The molecule has 0 aliphatic carbocycles. The van der Waals surface area contributed by atoms with Gasteiger partial charge in [-0.15, -0.1) is 0 Å². The molecule has 1 aliphatic rings. The topological polar surface area (TPSA) is 79.4 Å². The van der Waals surface area contributed by atoms with E-state index in [4.69, 9.17) is 41.2 Å². The summed E-state index contributed by atoms with van der Waals surface area (Å²) < 4.78 is 39.4. The van der Waals surface area contributed by atoms with E-state index in [1.165, 1.54) is 6.07 Å². The van der Waals surface area contributed by atoms with Gasteiger partial charge < -0.3 is 10.7 Å². The molecule has 0 saturated carbocycles. The average molecular weight is 408 g/mol. The number of H-pyrrole nitrogens is 1. The van der Waals surface area contributed by atoms with Gasteiger partial charge in [0.05, 0.1) is 27.6 Å². The normalized spacial score (nSPS) is 19.8. The Morgan fingerprint density at radius 1 is 1.36 bits per heavy atom. The molecule has 0 spiro atoms. The van der Waals surface area contributed by atoms with E-state index in [1.54, 1.807) is 6.92 Å². The van der Waals surface area contributed by atoms with Crippen LogP contribution < -0.4 is 5.73 Å². The molecule has 5 nitrogen and oxygen atoms in total. The molecule has 132 valence electrons. The number of halogens is 5. The first-order chi connectivity index (χ1) is 11.6. The zero-order valence-electron chi connectivity index (χ0n) is 12.5. The van der Waals surface area contributed by atoms with Crippen molar-refractivity contribution in [2.45, 2.75) is 25.2 Å². The van der Waals surface area contributed by atoms with Crippen LogP contribution in [0.3, 0.4) is 0 Å². The van der Waals surface area contributed by atoms with E-state index >= 15 is 0 Å². The van der Waals surface area contributed by atoms with Crippen LogP contribution in [0.1, 0.15) is 24.1 Å². The van der Waals surface area contributed by atoms with Crippen molar-refractivity contribution in [3.63, 3.8) is 0 Å². The van der Waals surface area contributed by atoms with Gasteiger partial charge in [-0.05, 0) is 13.0 Å². The molecule has 3 N–H and O–H groups in total. The number of amidine groups is 1. The van der Waals surface area contributed by atoms with Crippen LogP contribution in [0.5, 0.6) is 0 Å². The summed E-state index contributed by atoms with van der Waals surface area (Å²) in [5.41, 5.74) is 5.30. The lowest BCUT2D eigenvalue weighted by Gasteiger charge is -2.19. The van der Waals surface area contributed by atoms with Crippen LogP contribution in [0.4, 0.5) is 13.2 Å². The highest BCUT2D eigenvalue weighted by molar-refractivity contribution is 7.82. The van der Waals surface area contributed by atoms with Crippen LogP contribution >= 0.6 is 35.4 Å². The molecule has 2 aromatic heterocycles. The monoisotopic (exact) mass is 407 g/mol. The van der Waals surface area contributed by atoms with Gasteiger partial charge in [0.1, 0.15) is 17.2 Å². The van der Waals surface area contributed by atoms with E-state index in [0.717, 1.165) is 6.20 Å². The first kappa shape index (κ1) is 18.2. The SMILES string of the molecule is CC(C1=NC(N)C(=S)C(Cl)=N1)c1cc2c(C(F)(F)F)c[nH]c2c(Cl)n1. The van der Waals surface area contributed by atoms with E-state index < -0.39 is 23.8 Å². The molecule has 0 bridgehead atoms. The number of nitrogens with two attached hydrogens (primary N) is 1. The predicted octanol–water partition coefficient (Wildman–Crippen LogP) is 4.04. The van der Waals surface area contributed by atoms with Crippen LogP contribution in [0.25, 0.3) is 10.9 Å². The molecular weight excluding hydrogens is 398 g/mol. The summed E-state index contributed by atoms with van der Waals surface area (Å²) in [5.74, 6) is -0.362. The lowest BCUT2D eigenvalue weighted by Crippen LogP contribution is -2.36. The lowest BCUT2D eigenvalue weighted by atomic mass is 10.0. The Morgan fingerprint density at radius 3 is 2.64 bits per heavy atom. The van der Waals surface area contributed by atoms with Gasteiger partial charge in [-0.2, -0.15) is 13.2 Å². The summed E-state index contributed by atoms with van der Waals surface area (Å²) in [6.45, 7) is 1.66. The Bertz CT molecular complexity index is 934. The van der Waals surface area contributed by atoms with Crippen molar-refractivity contribution in [3.05, 3.63) is 28.7 Å². The molecule has 2 unspecified atom stereocenters. The van der Waals surface area contributed by atoms with Gasteiger partial charge >= 0.3 is 6.18 Å². The zero-order chi connectivity index (χ0) is 18.5. The highest BCUT2D eigenvalue weighted by Crippen LogP contribution is 2.37. The maximum atomic E-state index is 13.1. The second kappa shape index (κ2) is 6.31. The minimum Gasteiger partial charge on any atom is -0.358 e. The molecule has 2 atom stereocenters. The highest BCUT2D eigenvalue weighted by atomic mass is 35.5. The number of thiocarbonyl (C=S) groups is 1. The largest absolute Gasteiger partial charge is 0.418 e. The maximum Gasteiger partial charge on any atom is 0.418 e. The van der Waals surface area contributed by atoms with Gasteiger partial charge in [0.25, 0.3) is 0 Å². The summed E-state index contributed by atoms with van der Waals surface area (Å²) >= 11 is 16.9. The quantitative estimate of drug-likeness (QED) is 0.582. The first-order valence-electron chi connectivity index (χ1n) is 6.96. The molecular formula is C14H10Cl2F3N5S. The fourth-order valence-electron chi connectivity index (χ4n) is 2.41. The number of pyridine rings is 1. The van der Waals surface area contributed by atoms with Gasteiger partial charge in [0.2, 0.25) is 0 Å². The van der Waals surface area contributed by atoms with Crippen molar-refractivity contribution in [3.8, 4) is 0 Å². The van der Waals surface area contributed by atoms with Gasteiger partial charge in [-0.3, -0.25) is 0 Å².